The second kappa shape index (κ2) is 4.89. The molecule has 14 heavy (non-hydrogen) atoms. The lowest BCUT2D eigenvalue weighted by molar-refractivity contribution is 0.167. The third-order valence-electron chi connectivity index (χ3n) is 3.69. The Bertz CT molecular complexity index is 174. The quantitative estimate of drug-likeness (QED) is 0.759. The van der Waals surface area contributed by atoms with Crippen LogP contribution in [-0.2, 0) is 0 Å². The predicted molar refractivity (Wildman–Crippen MR) is 66.9 cm³/mol. The van der Waals surface area contributed by atoms with Crippen molar-refractivity contribution in [1.29, 1.82) is 0 Å². The molecule has 0 aromatic carbocycles. The molecule has 1 saturated carbocycles. The number of hydrogen-bond acceptors (Lipinski definition) is 2. The molecule has 0 spiro atoms. The maximum atomic E-state index is 3.46. The Labute approximate surface area is 93.4 Å². The van der Waals surface area contributed by atoms with Gasteiger partial charge in [0.2, 0.25) is 0 Å². The molecule has 1 aliphatic carbocycles. The number of thioether (sulfide) groups is 1. The minimum Gasteiger partial charge on any atom is -0.316 e. The highest BCUT2D eigenvalue weighted by Gasteiger charge is 2.34. The maximum absolute atomic E-state index is 3.46. The van der Waals surface area contributed by atoms with Crippen LogP contribution in [-0.4, -0.2) is 24.6 Å². The molecule has 3 unspecified atom stereocenters. The first-order valence-electron chi connectivity index (χ1n) is 5.69. The standard InChI is InChI=1S/C12H25NS/c1-12(2,3)9-6-7-10(13-4)11(8-9)14-5/h9-11,13H,6-8H2,1-5H3. The van der Waals surface area contributed by atoms with E-state index >= 15 is 0 Å². The van der Waals surface area contributed by atoms with Gasteiger partial charge in [0.25, 0.3) is 0 Å². The van der Waals surface area contributed by atoms with Crippen molar-refractivity contribution >= 4 is 11.8 Å². The molecule has 1 N–H and O–H groups in total. The third-order valence-corrected chi connectivity index (χ3v) is 4.82. The zero-order valence-corrected chi connectivity index (χ0v) is 11.1. The van der Waals surface area contributed by atoms with Gasteiger partial charge in [-0.1, -0.05) is 20.8 Å². The van der Waals surface area contributed by atoms with E-state index in [0.717, 1.165) is 17.2 Å². The van der Waals surface area contributed by atoms with Crippen LogP contribution in [0.5, 0.6) is 0 Å². The van der Waals surface area contributed by atoms with Crippen molar-refractivity contribution < 1.29 is 0 Å². The fraction of sp³-hybridized carbons (Fsp3) is 1.00. The molecule has 0 bridgehead atoms. The summed E-state index contributed by atoms with van der Waals surface area (Å²) < 4.78 is 0. The Kier molecular flexibility index (Phi) is 4.32. The van der Waals surface area contributed by atoms with Gasteiger partial charge in [-0.15, -0.1) is 0 Å². The first-order valence-corrected chi connectivity index (χ1v) is 6.98. The van der Waals surface area contributed by atoms with E-state index in [2.05, 4.69) is 39.4 Å². The summed E-state index contributed by atoms with van der Waals surface area (Å²) in [6, 6.07) is 0.739. The number of rotatable bonds is 2. The van der Waals surface area contributed by atoms with Gasteiger partial charge in [-0.3, -0.25) is 0 Å². The van der Waals surface area contributed by atoms with Gasteiger partial charge in [0.1, 0.15) is 0 Å². The molecule has 3 atom stereocenters. The molecular weight excluding hydrogens is 190 g/mol. The fourth-order valence-electron chi connectivity index (χ4n) is 2.51. The Morgan fingerprint density at radius 3 is 2.29 bits per heavy atom. The van der Waals surface area contributed by atoms with Gasteiger partial charge >= 0.3 is 0 Å². The summed E-state index contributed by atoms with van der Waals surface area (Å²) >= 11 is 2.04. The van der Waals surface area contributed by atoms with Crippen LogP contribution < -0.4 is 5.32 Å². The molecule has 0 aromatic rings. The summed E-state index contributed by atoms with van der Waals surface area (Å²) in [5.74, 6) is 0.907. The average Bonchev–Trinajstić information content (AvgIpc) is 2.15. The summed E-state index contributed by atoms with van der Waals surface area (Å²) in [5.41, 5.74) is 0.493. The first kappa shape index (κ1) is 12.4. The highest BCUT2D eigenvalue weighted by Crippen LogP contribution is 2.40. The lowest BCUT2D eigenvalue weighted by Crippen LogP contribution is -2.43. The minimum atomic E-state index is 0.493. The molecule has 2 heteroatoms. The third kappa shape index (κ3) is 2.90. The zero-order valence-electron chi connectivity index (χ0n) is 10.3. The predicted octanol–water partition coefficient (Wildman–Crippen LogP) is 3.15. The van der Waals surface area contributed by atoms with Crippen molar-refractivity contribution in [2.45, 2.75) is 51.3 Å². The molecule has 0 aliphatic heterocycles. The van der Waals surface area contributed by atoms with Crippen molar-refractivity contribution in [3.63, 3.8) is 0 Å². The number of nitrogens with one attached hydrogen (secondary N) is 1. The monoisotopic (exact) mass is 215 g/mol. The van der Waals surface area contributed by atoms with Gasteiger partial charge in [-0.05, 0) is 43.9 Å². The normalized spacial score (nSPS) is 34.5. The van der Waals surface area contributed by atoms with Crippen LogP contribution in [0.2, 0.25) is 0 Å². The van der Waals surface area contributed by atoms with Crippen molar-refractivity contribution in [2.24, 2.45) is 11.3 Å². The molecule has 1 nitrogen and oxygen atoms in total. The molecule has 1 fully saturated rings. The molecule has 0 amide bonds. The van der Waals surface area contributed by atoms with Crippen molar-refractivity contribution in [1.82, 2.24) is 5.32 Å². The zero-order chi connectivity index (χ0) is 10.8. The smallest absolute Gasteiger partial charge is 0.0201 e. The van der Waals surface area contributed by atoms with E-state index in [9.17, 15) is 0 Å². The van der Waals surface area contributed by atoms with Crippen molar-refractivity contribution in [3.8, 4) is 0 Å². The summed E-state index contributed by atoms with van der Waals surface area (Å²) in [4.78, 5) is 0. The van der Waals surface area contributed by atoms with E-state index in [4.69, 9.17) is 0 Å². The van der Waals surface area contributed by atoms with Gasteiger partial charge in [0, 0.05) is 11.3 Å². The van der Waals surface area contributed by atoms with E-state index in [1.807, 2.05) is 11.8 Å². The fourth-order valence-corrected chi connectivity index (χ4v) is 3.53. The summed E-state index contributed by atoms with van der Waals surface area (Å²) in [7, 11) is 2.10. The topological polar surface area (TPSA) is 12.0 Å². The van der Waals surface area contributed by atoms with Gasteiger partial charge in [-0.2, -0.15) is 11.8 Å². The first-order chi connectivity index (χ1) is 6.49. The second-order valence-electron chi connectivity index (χ2n) is 5.55. The minimum absolute atomic E-state index is 0.493. The number of hydrogen-bond donors (Lipinski definition) is 1. The van der Waals surface area contributed by atoms with Gasteiger partial charge in [-0.25, -0.2) is 0 Å². The lowest BCUT2D eigenvalue weighted by Gasteiger charge is -2.41. The van der Waals surface area contributed by atoms with E-state index in [1.54, 1.807) is 0 Å². The second-order valence-corrected chi connectivity index (χ2v) is 6.62. The van der Waals surface area contributed by atoms with E-state index in [1.165, 1.54) is 19.3 Å². The highest BCUT2D eigenvalue weighted by atomic mass is 32.2. The lowest BCUT2D eigenvalue weighted by atomic mass is 9.71. The van der Waals surface area contributed by atoms with Crippen molar-refractivity contribution in [2.75, 3.05) is 13.3 Å². The summed E-state index contributed by atoms with van der Waals surface area (Å²) in [5, 5.41) is 4.27. The van der Waals surface area contributed by atoms with Gasteiger partial charge in [0.15, 0.2) is 0 Å². The van der Waals surface area contributed by atoms with Gasteiger partial charge in [0.05, 0.1) is 0 Å². The van der Waals surface area contributed by atoms with Crippen LogP contribution in [0.3, 0.4) is 0 Å². The average molecular weight is 215 g/mol. The Morgan fingerprint density at radius 2 is 1.86 bits per heavy atom. The van der Waals surface area contributed by atoms with Gasteiger partial charge < -0.3 is 5.32 Å². The van der Waals surface area contributed by atoms with Crippen molar-refractivity contribution in [3.05, 3.63) is 0 Å². The Morgan fingerprint density at radius 1 is 1.21 bits per heavy atom. The van der Waals surface area contributed by atoms with Crippen LogP contribution in [0.4, 0.5) is 0 Å². The highest BCUT2D eigenvalue weighted by molar-refractivity contribution is 7.99. The molecular formula is C12H25NS. The SMILES string of the molecule is CNC1CCC(C(C)(C)C)CC1SC. The molecule has 1 aliphatic rings. The van der Waals surface area contributed by atoms with E-state index in [-0.39, 0.29) is 0 Å². The summed E-state index contributed by atoms with van der Waals surface area (Å²) in [6.45, 7) is 7.15. The molecule has 0 heterocycles. The largest absolute Gasteiger partial charge is 0.316 e. The molecule has 84 valence electrons. The van der Waals surface area contributed by atoms with Crippen LogP contribution in [0, 0.1) is 11.3 Å². The van der Waals surface area contributed by atoms with E-state index < -0.39 is 0 Å². The molecule has 0 radical (unpaired) electrons. The van der Waals surface area contributed by atoms with E-state index in [0.29, 0.717) is 5.41 Å². The molecule has 1 rings (SSSR count). The van der Waals surface area contributed by atoms with Crippen LogP contribution in [0.25, 0.3) is 0 Å². The van der Waals surface area contributed by atoms with Crippen LogP contribution in [0.1, 0.15) is 40.0 Å². The maximum Gasteiger partial charge on any atom is 0.0201 e. The Balaban J connectivity index is 2.57. The van der Waals surface area contributed by atoms with Crippen LogP contribution >= 0.6 is 11.8 Å². The molecule has 0 aromatic heterocycles. The Hall–Kier alpha value is 0.310. The summed E-state index contributed by atoms with van der Waals surface area (Å²) in [6.07, 6.45) is 6.38. The molecule has 0 saturated heterocycles. The van der Waals surface area contributed by atoms with Crippen LogP contribution in [0.15, 0.2) is 0 Å².